The lowest BCUT2D eigenvalue weighted by molar-refractivity contribution is 0.345. The Morgan fingerprint density at radius 1 is 1.58 bits per heavy atom. The van der Waals surface area contributed by atoms with E-state index in [1.165, 1.54) is 6.07 Å². The van der Waals surface area contributed by atoms with Gasteiger partial charge in [-0.15, -0.1) is 4.57 Å². The molecule has 0 spiro atoms. The molecule has 0 saturated carbocycles. The van der Waals surface area contributed by atoms with Crippen molar-refractivity contribution in [1.29, 1.82) is 0 Å². The van der Waals surface area contributed by atoms with Crippen LogP contribution in [0.25, 0.3) is 5.65 Å². The van der Waals surface area contributed by atoms with Crippen molar-refractivity contribution in [3.8, 4) is 0 Å². The van der Waals surface area contributed by atoms with E-state index in [0.29, 0.717) is 11.4 Å². The summed E-state index contributed by atoms with van der Waals surface area (Å²) in [5.74, 6) is 0.627. The number of nitrogens with zero attached hydrogens (tertiary/aromatic N) is 2. The molecule has 5 heteroatoms. The van der Waals surface area contributed by atoms with E-state index in [-0.39, 0.29) is 10.7 Å². The first-order chi connectivity index (χ1) is 5.66. The molecule has 0 unspecified atom stereocenters. The van der Waals surface area contributed by atoms with Crippen molar-refractivity contribution < 1.29 is 4.52 Å². The highest BCUT2D eigenvalue weighted by Crippen LogP contribution is 2.07. The van der Waals surface area contributed by atoms with Crippen LogP contribution in [0, 0.1) is 6.92 Å². The molecule has 0 aliphatic rings. The summed E-state index contributed by atoms with van der Waals surface area (Å²) in [7, 11) is 0. The van der Waals surface area contributed by atoms with Crippen LogP contribution in [-0.2, 0) is 0 Å². The van der Waals surface area contributed by atoms with Crippen LogP contribution in [-0.4, -0.2) is 9.56 Å². The maximum atomic E-state index is 11.2. The molecule has 0 aliphatic carbocycles. The zero-order valence-corrected chi connectivity index (χ0v) is 7.00. The van der Waals surface area contributed by atoms with Gasteiger partial charge in [0.05, 0.1) is 0 Å². The Labute approximate surface area is 72.4 Å². The first-order valence-electron chi connectivity index (χ1n) is 3.33. The fourth-order valence-electron chi connectivity index (χ4n) is 0.995. The summed E-state index contributed by atoms with van der Waals surface area (Å²) in [4.78, 5) is 15.0. The first-order valence-corrected chi connectivity index (χ1v) is 3.71. The van der Waals surface area contributed by atoms with Crippen molar-refractivity contribution >= 4 is 17.2 Å². The molecule has 0 radical (unpaired) electrons. The predicted octanol–water partition coefficient (Wildman–Crippen LogP) is 1.25. The molecule has 2 aromatic rings. The summed E-state index contributed by atoms with van der Waals surface area (Å²) in [6.07, 6.45) is 0. The zero-order valence-electron chi connectivity index (χ0n) is 6.24. The number of hydrogen-bond donors (Lipinski definition) is 0. The van der Waals surface area contributed by atoms with Crippen LogP contribution in [0.15, 0.2) is 21.5 Å². The standard InChI is InChI=1S/C7H5ClN2O2/c1-4-2-6-9-5(8)3-7(11)10(6)12-4/h2-3H,1H3. The first kappa shape index (κ1) is 7.36. The third-order valence-electron chi connectivity index (χ3n) is 1.44. The highest BCUT2D eigenvalue weighted by atomic mass is 35.5. The number of aryl methyl sites for hydroxylation is 1. The molecule has 0 bridgehead atoms. The summed E-state index contributed by atoms with van der Waals surface area (Å²) < 4.78 is 6.14. The summed E-state index contributed by atoms with van der Waals surface area (Å²) >= 11 is 5.57. The van der Waals surface area contributed by atoms with Gasteiger partial charge in [0.25, 0.3) is 5.56 Å². The average molecular weight is 185 g/mol. The molecule has 0 aliphatic heterocycles. The predicted molar refractivity (Wildman–Crippen MR) is 43.5 cm³/mol. The van der Waals surface area contributed by atoms with Crippen molar-refractivity contribution in [1.82, 2.24) is 9.56 Å². The molecule has 2 aromatic heterocycles. The second kappa shape index (κ2) is 2.35. The van der Waals surface area contributed by atoms with Gasteiger partial charge in [-0.25, -0.2) is 4.98 Å². The molecule has 0 saturated heterocycles. The molecule has 2 heterocycles. The van der Waals surface area contributed by atoms with E-state index in [0.717, 1.165) is 4.57 Å². The van der Waals surface area contributed by atoms with E-state index in [4.69, 9.17) is 16.1 Å². The van der Waals surface area contributed by atoms with Crippen LogP contribution >= 0.6 is 11.6 Å². The molecule has 0 aromatic carbocycles. The van der Waals surface area contributed by atoms with Gasteiger partial charge in [-0.05, 0) is 6.92 Å². The van der Waals surface area contributed by atoms with E-state index < -0.39 is 0 Å². The maximum Gasteiger partial charge on any atom is 0.288 e. The zero-order chi connectivity index (χ0) is 8.72. The number of hydrogen-bond acceptors (Lipinski definition) is 3. The van der Waals surface area contributed by atoms with Crippen molar-refractivity contribution in [2.75, 3.05) is 0 Å². The molecule has 4 nitrogen and oxygen atoms in total. The van der Waals surface area contributed by atoms with E-state index >= 15 is 0 Å². The SMILES string of the molecule is Cc1cc2nc(Cl)cc(=O)n2o1. The molecule has 62 valence electrons. The minimum Gasteiger partial charge on any atom is -0.375 e. The Hall–Kier alpha value is -1.29. The maximum absolute atomic E-state index is 11.2. The quantitative estimate of drug-likeness (QED) is 0.579. The lowest BCUT2D eigenvalue weighted by atomic mass is 10.5. The van der Waals surface area contributed by atoms with Gasteiger partial charge in [0.15, 0.2) is 5.65 Å². The van der Waals surface area contributed by atoms with Crippen LogP contribution in [0.4, 0.5) is 0 Å². The molecule has 12 heavy (non-hydrogen) atoms. The minimum absolute atomic E-state index is 0.181. The van der Waals surface area contributed by atoms with E-state index in [9.17, 15) is 4.79 Å². The second-order valence-electron chi connectivity index (χ2n) is 2.42. The number of aromatic nitrogens is 2. The van der Waals surface area contributed by atoms with Gasteiger partial charge in [-0.3, -0.25) is 4.79 Å². The second-order valence-corrected chi connectivity index (χ2v) is 2.80. The van der Waals surface area contributed by atoms with Gasteiger partial charge < -0.3 is 4.52 Å². The molecule has 0 amide bonds. The average Bonchev–Trinajstić information content (AvgIpc) is 2.29. The lowest BCUT2D eigenvalue weighted by Gasteiger charge is -1.89. The lowest BCUT2D eigenvalue weighted by Crippen LogP contribution is -2.10. The van der Waals surface area contributed by atoms with Crippen molar-refractivity contribution in [2.24, 2.45) is 0 Å². The van der Waals surface area contributed by atoms with Gasteiger partial charge in [-0.2, -0.15) is 0 Å². The highest BCUT2D eigenvalue weighted by molar-refractivity contribution is 6.29. The Balaban J connectivity index is 2.98. The Morgan fingerprint density at radius 3 is 3.08 bits per heavy atom. The van der Waals surface area contributed by atoms with E-state index in [1.807, 2.05) is 0 Å². The normalized spacial score (nSPS) is 10.8. The van der Waals surface area contributed by atoms with Crippen LogP contribution < -0.4 is 5.56 Å². The molecule has 2 rings (SSSR count). The van der Waals surface area contributed by atoms with Crippen LogP contribution in [0.1, 0.15) is 5.76 Å². The molecule has 0 atom stereocenters. The van der Waals surface area contributed by atoms with Gasteiger partial charge in [0, 0.05) is 12.1 Å². The molecule has 0 N–H and O–H groups in total. The third-order valence-corrected chi connectivity index (χ3v) is 1.63. The van der Waals surface area contributed by atoms with Crippen molar-refractivity contribution in [3.05, 3.63) is 33.4 Å². The van der Waals surface area contributed by atoms with Gasteiger partial charge in [0.1, 0.15) is 10.9 Å². The fraction of sp³-hybridized carbons (Fsp3) is 0.143. The van der Waals surface area contributed by atoms with Gasteiger partial charge >= 0.3 is 0 Å². The highest BCUT2D eigenvalue weighted by Gasteiger charge is 2.03. The van der Waals surface area contributed by atoms with E-state index in [1.54, 1.807) is 13.0 Å². The van der Waals surface area contributed by atoms with Crippen LogP contribution in [0.5, 0.6) is 0 Å². The van der Waals surface area contributed by atoms with Crippen LogP contribution in [0.2, 0.25) is 5.15 Å². The monoisotopic (exact) mass is 184 g/mol. The van der Waals surface area contributed by atoms with Crippen LogP contribution in [0.3, 0.4) is 0 Å². The number of rotatable bonds is 0. The number of halogens is 1. The molecular weight excluding hydrogens is 180 g/mol. The van der Waals surface area contributed by atoms with E-state index in [2.05, 4.69) is 4.98 Å². The fourth-order valence-corrected chi connectivity index (χ4v) is 1.18. The molecular formula is C7H5ClN2O2. The summed E-state index contributed by atoms with van der Waals surface area (Å²) in [5.41, 5.74) is 0.128. The summed E-state index contributed by atoms with van der Waals surface area (Å²) in [6.45, 7) is 1.74. The Kier molecular flexibility index (Phi) is 1.44. The van der Waals surface area contributed by atoms with Crippen molar-refractivity contribution in [3.63, 3.8) is 0 Å². The number of fused-ring (bicyclic) bond motifs is 1. The van der Waals surface area contributed by atoms with Gasteiger partial charge in [0.2, 0.25) is 0 Å². The largest absolute Gasteiger partial charge is 0.375 e. The Morgan fingerprint density at radius 2 is 2.33 bits per heavy atom. The van der Waals surface area contributed by atoms with Crippen molar-refractivity contribution in [2.45, 2.75) is 6.92 Å². The topological polar surface area (TPSA) is 47.5 Å². The minimum atomic E-state index is -0.307. The summed E-state index contributed by atoms with van der Waals surface area (Å²) in [6, 6.07) is 2.85. The third kappa shape index (κ3) is 1.00. The van der Waals surface area contributed by atoms with Gasteiger partial charge in [-0.1, -0.05) is 11.6 Å². The summed E-state index contributed by atoms with van der Waals surface area (Å²) in [5, 5.41) is 0.181. The smallest absolute Gasteiger partial charge is 0.288 e. The molecule has 0 fully saturated rings. The Bertz CT molecular complexity index is 486.